The van der Waals surface area contributed by atoms with Crippen LogP contribution >= 0.6 is 0 Å². The van der Waals surface area contributed by atoms with Crippen molar-refractivity contribution in [1.29, 1.82) is 0 Å². The van der Waals surface area contributed by atoms with Gasteiger partial charge in [-0.25, -0.2) is 4.79 Å². The Labute approximate surface area is 136 Å². The summed E-state index contributed by atoms with van der Waals surface area (Å²) < 4.78 is 28.2. The number of halogens is 2. The van der Waals surface area contributed by atoms with Gasteiger partial charge in [0, 0.05) is 7.05 Å². The van der Waals surface area contributed by atoms with Crippen molar-refractivity contribution >= 4 is 11.9 Å². The number of hydrogen-bond acceptors (Lipinski definition) is 3. The Morgan fingerprint density at radius 1 is 1.17 bits per heavy atom. The van der Waals surface area contributed by atoms with E-state index in [1.807, 2.05) is 6.92 Å². The molecule has 7 heteroatoms. The molecule has 0 aliphatic carbocycles. The van der Waals surface area contributed by atoms with Crippen LogP contribution in [-0.2, 0) is 9.59 Å². The average molecular weight is 337 g/mol. The highest BCUT2D eigenvalue weighted by Gasteiger charge is 2.49. The first-order chi connectivity index (χ1) is 10.6. The van der Waals surface area contributed by atoms with E-state index in [1.165, 1.54) is 0 Å². The summed E-state index contributed by atoms with van der Waals surface area (Å²) in [6.07, 6.45) is 0.706. The predicted molar refractivity (Wildman–Crippen MR) is 83.4 cm³/mol. The van der Waals surface area contributed by atoms with E-state index >= 15 is 0 Å². The number of alkyl halides is 2. The van der Waals surface area contributed by atoms with Crippen LogP contribution in [0.4, 0.5) is 8.78 Å². The Hall–Kier alpha value is -1.24. The monoisotopic (exact) mass is 337 g/mol. The third-order valence-electron chi connectivity index (χ3n) is 3.80. The van der Waals surface area contributed by atoms with Crippen LogP contribution in [0.2, 0.25) is 0 Å². The molecule has 5 nitrogen and oxygen atoms in total. The fourth-order valence-corrected chi connectivity index (χ4v) is 2.34. The summed E-state index contributed by atoms with van der Waals surface area (Å²) in [6.45, 7) is 5.47. The molecular formula is C16H29F2NO4. The third-order valence-corrected chi connectivity index (χ3v) is 3.80. The molecule has 0 aliphatic rings. The van der Waals surface area contributed by atoms with Gasteiger partial charge in [0.2, 0.25) is 0 Å². The first-order valence-electron chi connectivity index (χ1n) is 8.11. The Bertz CT molecular complexity index is 388. The van der Waals surface area contributed by atoms with E-state index in [4.69, 9.17) is 5.11 Å². The van der Waals surface area contributed by atoms with Crippen molar-refractivity contribution in [3.05, 3.63) is 0 Å². The number of amides is 1. The quantitative estimate of drug-likeness (QED) is 0.568. The molecule has 0 aromatic rings. The second-order valence-electron chi connectivity index (χ2n) is 6.39. The highest BCUT2D eigenvalue weighted by Crippen LogP contribution is 2.27. The van der Waals surface area contributed by atoms with Gasteiger partial charge in [0.15, 0.2) is 0 Å². The van der Waals surface area contributed by atoms with Crippen LogP contribution in [0.1, 0.15) is 59.3 Å². The van der Waals surface area contributed by atoms with Crippen molar-refractivity contribution < 1.29 is 28.6 Å². The SMILES string of the molecule is CCCCCCC(O)C(F)(F)C(=O)N(C)C(CC(C)C)C(=O)O. The van der Waals surface area contributed by atoms with Crippen LogP contribution in [-0.4, -0.2) is 52.1 Å². The number of aliphatic carboxylic acids is 1. The number of aliphatic hydroxyl groups is 1. The van der Waals surface area contributed by atoms with Crippen LogP contribution in [0, 0.1) is 5.92 Å². The average Bonchev–Trinajstić information content (AvgIpc) is 2.46. The molecule has 0 aromatic carbocycles. The van der Waals surface area contributed by atoms with Gasteiger partial charge < -0.3 is 15.1 Å². The third kappa shape index (κ3) is 6.81. The zero-order valence-corrected chi connectivity index (χ0v) is 14.4. The van der Waals surface area contributed by atoms with Gasteiger partial charge in [-0.2, -0.15) is 8.78 Å². The first-order valence-corrected chi connectivity index (χ1v) is 8.11. The van der Waals surface area contributed by atoms with Crippen molar-refractivity contribution in [2.75, 3.05) is 7.05 Å². The van der Waals surface area contributed by atoms with Gasteiger partial charge in [0.25, 0.3) is 5.91 Å². The van der Waals surface area contributed by atoms with Gasteiger partial charge in [0.05, 0.1) is 0 Å². The zero-order chi connectivity index (χ0) is 18.2. The minimum absolute atomic E-state index is 0.0697. The number of rotatable bonds is 11. The molecule has 23 heavy (non-hydrogen) atoms. The number of carboxylic acids is 1. The van der Waals surface area contributed by atoms with Gasteiger partial charge in [-0.1, -0.05) is 46.5 Å². The minimum atomic E-state index is -3.98. The number of carbonyl (C=O) groups is 2. The fourth-order valence-electron chi connectivity index (χ4n) is 2.34. The Balaban J connectivity index is 4.88. The number of hydrogen-bond donors (Lipinski definition) is 2. The molecule has 0 saturated carbocycles. The van der Waals surface area contributed by atoms with Crippen LogP contribution in [0.3, 0.4) is 0 Å². The lowest BCUT2D eigenvalue weighted by molar-refractivity contribution is -0.179. The minimum Gasteiger partial charge on any atom is -0.480 e. The summed E-state index contributed by atoms with van der Waals surface area (Å²) in [7, 11) is 1.04. The van der Waals surface area contributed by atoms with Crippen LogP contribution < -0.4 is 0 Å². The normalized spacial score (nSPS) is 14.6. The van der Waals surface area contributed by atoms with Crippen LogP contribution in [0.15, 0.2) is 0 Å². The lowest BCUT2D eigenvalue weighted by atomic mass is 10.00. The van der Waals surface area contributed by atoms with Crippen molar-refractivity contribution in [3.63, 3.8) is 0 Å². The van der Waals surface area contributed by atoms with E-state index < -0.39 is 29.9 Å². The van der Waals surface area contributed by atoms with Crippen LogP contribution in [0.25, 0.3) is 0 Å². The molecule has 2 unspecified atom stereocenters. The molecule has 0 spiro atoms. The van der Waals surface area contributed by atoms with E-state index in [0.29, 0.717) is 17.7 Å². The zero-order valence-electron chi connectivity index (χ0n) is 14.4. The summed E-state index contributed by atoms with van der Waals surface area (Å²) in [5.41, 5.74) is 0. The molecule has 1 amide bonds. The largest absolute Gasteiger partial charge is 0.480 e. The number of likely N-dealkylation sites (N-methyl/N-ethyl adjacent to an activating group) is 1. The van der Waals surface area contributed by atoms with Crippen molar-refractivity contribution in [2.24, 2.45) is 5.92 Å². The first kappa shape index (κ1) is 21.8. The lowest BCUT2D eigenvalue weighted by Gasteiger charge is -2.31. The van der Waals surface area contributed by atoms with E-state index in [9.17, 15) is 23.5 Å². The number of nitrogens with zero attached hydrogens (tertiary/aromatic N) is 1. The maximum absolute atomic E-state index is 14.1. The summed E-state index contributed by atoms with van der Waals surface area (Å²) in [6, 6.07) is -1.33. The second kappa shape index (κ2) is 9.80. The molecule has 0 bridgehead atoms. The fraction of sp³-hybridized carbons (Fsp3) is 0.875. The van der Waals surface area contributed by atoms with Crippen molar-refractivity contribution in [3.8, 4) is 0 Å². The smallest absolute Gasteiger partial charge is 0.349 e. The van der Waals surface area contributed by atoms with Gasteiger partial charge in [-0.3, -0.25) is 4.79 Å². The molecule has 0 fully saturated rings. The Morgan fingerprint density at radius 2 is 1.74 bits per heavy atom. The Morgan fingerprint density at radius 3 is 2.17 bits per heavy atom. The summed E-state index contributed by atoms with van der Waals surface area (Å²) >= 11 is 0. The van der Waals surface area contributed by atoms with Gasteiger partial charge in [0.1, 0.15) is 12.1 Å². The summed E-state index contributed by atoms with van der Waals surface area (Å²) in [5.74, 6) is -7.03. The number of carboxylic acid groups (broad SMARTS) is 1. The van der Waals surface area contributed by atoms with Crippen LogP contribution in [0.5, 0.6) is 0 Å². The van der Waals surface area contributed by atoms with E-state index in [-0.39, 0.29) is 18.8 Å². The molecule has 2 atom stereocenters. The van der Waals surface area contributed by atoms with E-state index in [2.05, 4.69) is 0 Å². The molecular weight excluding hydrogens is 308 g/mol. The molecule has 0 radical (unpaired) electrons. The number of carbonyl (C=O) groups excluding carboxylic acids is 1. The maximum atomic E-state index is 14.1. The molecule has 0 aromatic heterocycles. The van der Waals surface area contributed by atoms with E-state index in [0.717, 1.165) is 19.9 Å². The molecule has 0 aliphatic heterocycles. The topological polar surface area (TPSA) is 77.8 Å². The second-order valence-corrected chi connectivity index (χ2v) is 6.39. The molecule has 0 heterocycles. The van der Waals surface area contributed by atoms with Gasteiger partial charge in [-0.15, -0.1) is 0 Å². The standard InChI is InChI=1S/C16H29F2NO4/c1-5-6-7-8-9-13(20)16(17,18)15(23)19(4)12(14(21)22)10-11(2)3/h11-13,20H,5-10H2,1-4H3,(H,21,22). The predicted octanol–water partition coefficient (Wildman–Crippen LogP) is 2.91. The van der Waals surface area contributed by atoms with Gasteiger partial charge >= 0.3 is 11.9 Å². The molecule has 0 saturated heterocycles. The molecule has 136 valence electrons. The van der Waals surface area contributed by atoms with Gasteiger partial charge in [-0.05, 0) is 18.8 Å². The van der Waals surface area contributed by atoms with E-state index in [1.54, 1.807) is 13.8 Å². The van der Waals surface area contributed by atoms with Crippen molar-refractivity contribution in [2.45, 2.75) is 77.4 Å². The lowest BCUT2D eigenvalue weighted by Crippen LogP contribution is -2.54. The highest BCUT2D eigenvalue weighted by molar-refractivity contribution is 5.88. The Kier molecular flexibility index (Phi) is 9.27. The van der Waals surface area contributed by atoms with Crippen molar-refractivity contribution in [1.82, 2.24) is 4.90 Å². The molecule has 2 N–H and O–H groups in total. The number of aliphatic hydroxyl groups excluding tert-OH is 1. The summed E-state index contributed by atoms with van der Waals surface area (Å²) in [5, 5.41) is 18.8. The summed E-state index contributed by atoms with van der Waals surface area (Å²) in [4.78, 5) is 23.7. The maximum Gasteiger partial charge on any atom is 0.349 e. The molecule has 0 rings (SSSR count). The highest BCUT2D eigenvalue weighted by atomic mass is 19.3. The number of unbranched alkanes of at least 4 members (excludes halogenated alkanes) is 3.